The topological polar surface area (TPSA) is 85.8 Å². The van der Waals surface area contributed by atoms with Crippen LogP contribution in [0.4, 0.5) is 15.9 Å². The molecule has 2 aromatic heterocycles. The molecule has 0 fully saturated rings. The second-order valence-electron chi connectivity index (χ2n) is 6.97. The molecule has 0 radical (unpaired) electrons. The lowest BCUT2D eigenvalue weighted by Gasteiger charge is -2.10. The van der Waals surface area contributed by atoms with Crippen molar-refractivity contribution in [2.75, 3.05) is 11.1 Å². The molecule has 4 rings (SSSR count). The first-order chi connectivity index (χ1) is 13.9. The number of nitrogens with one attached hydrogen (secondary N) is 1. The maximum atomic E-state index is 13.4. The Labute approximate surface area is 172 Å². The van der Waals surface area contributed by atoms with Crippen molar-refractivity contribution in [3.8, 4) is 0 Å². The summed E-state index contributed by atoms with van der Waals surface area (Å²) in [6.07, 6.45) is 7.28. The molecule has 29 heavy (non-hydrogen) atoms. The fourth-order valence-corrected chi connectivity index (χ4v) is 3.72. The number of rotatable bonds is 4. The molecule has 1 unspecified atom stereocenters. The number of nitrogen functional groups attached to an aromatic ring is 1. The van der Waals surface area contributed by atoms with Gasteiger partial charge in [0, 0.05) is 25.1 Å². The van der Waals surface area contributed by atoms with E-state index in [9.17, 15) is 9.18 Å². The zero-order chi connectivity index (χ0) is 20.5. The Balaban J connectivity index is 1.60. The van der Waals surface area contributed by atoms with Crippen molar-refractivity contribution in [3.63, 3.8) is 0 Å². The van der Waals surface area contributed by atoms with Crippen LogP contribution in [0.5, 0.6) is 0 Å². The minimum Gasteiger partial charge on any atom is -0.383 e. The number of anilines is 2. The number of hydrogen-bond donors (Lipinski definition) is 2. The number of amides is 1. The number of aromatic nitrogens is 3. The minimum atomic E-state index is -0.552. The quantitative estimate of drug-likeness (QED) is 0.666. The van der Waals surface area contributed by atoms with E-state index in [1.54, 1.807) is 13.2 Å². The molecular formula is C21H19ClFN5O. The monoisotopic (exact) mass is 411 g/mol. The molecule has 148 valence electrons. The first kappa shape index (κ1) is 19.1. The van der Waals surface area contributed by atoms with Gasteiger partial charge in [-0.3, -0.25) is 14.5 Å². The average molecular weight is 412 g/mol. The number of hydrogen-bond acceptors (Lipinski definition) is 4. The molecule has 0 spiro atoms. The van der Waals surface area contributed by atoms with Crippen LogP contribution < -0.4 is 11.1 Å². The standard InChI is InChI=1S/C21H19ClFN5O/c1-28-20(24)18(21(29)26-15-6-7-17(23)16(22)10-15)19(27-28)13-5-4-12(9-13)14-3-2-8-25-11-14/h2-3,5-8,10-12H,4,9,24H2,1H3,(H,26,29). The normalized spacial score (nSPS) is 16.0. The third kappa shape index (κ3) is 3.73. The molecule has 1 aromatic carbocycles. The van der Waals surface area contributed by atoms with Crippen molar-refractivity contribution in [3.05, 3.63) is 76.5 Å². The van der Waals surface area contributed by atoms with E-state index in [0.29, 0.717) is 16.9 Å². The summed E-state index contributed by atoms with van der Waals surface area (Å²) in [6.45, 7) is 0. The highest BCUT2D eigenvalue weighted by molar-refractivity contribution is 6.31. The number of nitrogens with zero attached hydrogens (tertiary/aromatic N) is 3. The summed E-state index contributed by atoms with van der Waals surface area (Å²) in [4.78, 5) is 17.1. The van der Waals surface area contributed by atoms with Crippen molar-refractivity contribution in [1.29, 1.82) is 0 Å². The first-order valence-electron chi connectivity index (χ1n) is 9.12. The van der Waals surface area contributed by atoms with E-state index in [1.165, 1.54) is 22.9 Å². The van der Waals surface area contributed by atoms with Crippen molar-refractivity contribution in [2.24, 2.45) is 7.05 Å². The predicted octanol–water partition coefficient (Wildman–Crippen LogP) is 4.40. The Kier molecular flexibility index (Phi) is 5.07. The highest BCUT2D eigenvalue weighted by Crippen LogP contribution is 2.40. The first-order valence-corrected chi connectivity index (χ1v) is 9.50. The van der Waals surface area contributed by atoms with E-state index in [0.717, 1.165) is 24.0 Å². The van der Waals surface area contributed by atoms with Gasteiger partial charge in [-0.1, -0.05) is 23.7 Å². The van der Waals surface area contributed by atoms with E-state index in [-0.39, 0.29) is 16.8 Å². The van der Waals surface area contributed by atoms with E-state index in [4.69, 9.17) is 17.3 Å². The van der Waals surface area contributed by atoms with Gasteiger partial charge in [-0.25, -0.2) is 4.39 Å². The molecule has 3 aromatic rings. The van der Waals surface area contributed by atoms with Crippen LogP contribution >= 0.6 is 11.6 Å². The largest absolute Gasteiger partial charge is 0.383 e. The van der Waals surface area contributed by atoms with Gasteiger partial charge in [-0.15, -0.1) is 0 Å². The van der Waals surface area contributed by atoms with Crippen molar-refractivity contribution in [1.82, 2.24) is 14.8 Å². The number of carbonyl (C=O) groups excluding carboxylic acids is 1. The van der Waals surface area contributed by atoms with Crippen molar-refractivity contribution >= 4 is 34.6 Å². The van der Waals surface area contributed by atoms with Gasteiger partial charge in [0.1, 0.15) is 22.9 Å². The molecule has 1 amide bonds. The second-order valence-corrected chi connectivity index (χ2v) is 7.38. The van der Waals surface area contributed by atoms with Gasteiger partial charge < -0.3 is 11.1 Å². The molecule has 6 nitrogen and oxygen atoms in total. The van der Waals surface area contributed by atoms with Crippen LogP contribution in [-0.2, 0) is 7.05 Å². The Hall–Kier alpha value is -3.19. The fraction of sp³-hybridized carbons (Fsp3) is 0.190. The number of allylic oxidation sites excluding steroid dienone is 2. The van der Waals surface area contributed by atoms with Gasteiger partial charge in [-0.2, -0.15) is 5.10 Å². The summed E-state index contributed by atoms with van der Waals surface area (Å²) in [5.41, 5.74) is 9.49. The van der Waals surface area contributed by atoms with Crippen LogP contribution in [-0.4, -0.2) is 20.7 Å². The number of halogens is 2. The van der Waals surface area contributed by atoms with Gasteiger partial charge in [0.05, 0.1) is 5.02 Å². The van der Waals surface area contributed by atoms with Crippen molar-refractivity contribution < 1.29 is 9.18 Å². The van der Waals surface area contributed by atoms with E-state index in [2.05, 4.69) is 21.5 Å². The Bertz CT molecular complexity index is 1110. The maximum absolute atomic E-state index is 13.4. The molecular weight excluding hydrogens is 393 g/mol. The average Bonchev–Trinajstić information content (AvgIpc) is 3.31. The molecule has 0 saturated carbocycles. The van der Waals surface area contributed by atoms with Gasteiger partial charge in [0.25, 0.3) is 5.91 Å². The van der Waals surface area contributed by atoms with Crippen LogP contribution in [0.1, 0.15) is 40.4 Å². The van der Waals surface area contributed by atoms with Crippen LogP contribution in [0.3, 0.4) is 0 Å². The second kappa shape index (κ2) is 7.67. The Morgan fingerprint density at radius 2 is 2.21 bits per heavy atom. The van der Waals surface area contributed by atoms with Gasteiger partial charge >= 0.3 is 0 Å². The smallest absolute Gasteiger partial charge is 0.261 e. The fourth-order valence-electron chi connectivity index (χ4n) is 3.53. The van der Waals surface area contributed by atoms with Gasteiger partial charge in [-0.05, 0) is 54.2 Å². The zero-order valence-electron chi connectivity index (χ0n) is 15.7. The Morgan fingerprint density at radius 3 is 2.93 bits per heavy atom. The summed E-state index contributed by atoms with van der Waals surface area (Å²) in [5.74, 6) is -0.423. The number of pyridine rings is 1. The zero-order valence-corrected chi connectivity index (χ0v) is 16.4. The molecule has 0 saturated heterocycles. The summed E-state index contributed by atoms with van der Waals surface area (Å²) in [6, 6.07) is 7.96. The Morgan fingerprint density at radius 1 is 1.38 bits per heavy atom. The number of carbonyl (C=O) groups is 1. The van der Waals surface area contributed by atoms with Crippen LogP contribution in [0, 0.1) is 5.82 Å². The summed E-state index contributed by atoms with van der Waals surface area (Å²) >= 11 is 5.81. The van der Waals surface area contributed by atoms with E-state index < -0.39 is 11.7 Å². The van der Waals surface area contributed by atoms with Crippen LogP contribution in [0.15, 0.2) is 48.8 Å². The van der Waals surface area contributed by atoms with E-state index in [1.807, 2.05) is 18.3 Å². The molecule has 0 bridgehead atoms. The highest BCUT2D eigenvalue weighted by atomic mass is 35.5. The lowest BCUT2D eigenvalue weighted by molar-refractivity contribution is 0.102. The minimum absolute atomic E-state index is 0.0694. The van der Waals surface area contributed by atoms with Gasteiger partial charge in [0.2, 0.25) is 0 Å². The SMILES string of the molecule is Cn1nc(C2=CCC(c3cccnc3)C2)c(C(=O)Nc2ccc(F)c(Cl)c2)c1N. The number of nitrogens with two attached hydrogens (primary N) is 1. The lowest BCUT2D eigenvalue weighted by atomic mass is 9.96. The predicted molar refractivity (Wildman–Crippen MR) is 111 cm³/mol. The molecule has 1 atom stereocenters. The number of aryl methyl sites for hydroxylation is 1. The molecule has 1 aliphatic carbocycles. The van der Waals surface area contributed by atoms with Gasteiger partial charge in [0.15, 0.2) is 0 Å². The molecule has 2 heterocycles. The van der Waals surface area contributed by atoms with E-state index >= 15 is 0 Å². The van der Waals surface area contributed by atoms with Crippen LogP contribution in [0.2, 0.25) is 5.02 Å². The summed E-state index contributed by atoms with van der Waals surface area (Å²) in [7, 11) is 1.69. The molecule has 1 aliphatic rings. The molecule has 8 heteroatoms. The summed E-state index contributed by atoms with van der Waals surface area (Å²) < 4.78 is 14.9. The highest BCUT2D eigenvalue weighted by Gasteiger charge is 2.28. The van der Waals surface area contributed by atoms with Crippen LogP contribution in [0.25, 0.3) is 5.57 Å². The molecule has 3 N–H and O–H groups in total. The number of benzene rings is 1. The van der Waals surface area contributed by atoms with Crippen molar-refractivity contribution in [2.45, 2.75) is 18.8 Å². The molecule has 0 aliphatic heterocycles. The third-order valence-corrected chi connectivity index (χ3v) is 5.36. The maximum Gasteiger partial charge on any atom is 0.261 e. The lowest BCUT2D eigenvalue weighted by Crippen LogP contribution is -2.15. The summed E-state index contributed by atoms with van der Waals surface area (Å²) in [5, 5.41) is 7.13. The third-order valence-electron chi connectivity index (χ3n) is 5.07.